The molecule has 0 spiro atoms. The average Bonchev–Trinajstić information content (AvgIpc) is 2.98. The Kier molecular flexibility index (Phi) is 11.7. The molecule has 0 amide bonds. The van der Waals surface area contributed by atoms with Gasteiger partial charge in [0.1, 0.15) is 0 Å². The van der Waals surface area contributed by atoms with Gasteiger partial charge in [0, 0.05) is 31.4 Å². The van der Waals surface area contributed by atoms with E-state index in [9.17, 15) is 0 Å². The van der Waals surface area contributed by atoms with Gasteiger partial charge in [0.15, 0.2) is 5.96 Å². The van der Waals surface area contributed by atoms with Gasteiger partial charge in [0.25, 0.3) is 0 Å². The summed E-state index contributed by atoms with van der Waals surface area (Å²) in [6, 6.07) is 0. The quantitative estimate of drug-likeness (QED) is 0.252. The minimum atomic E-state index is 0. The summed E-state index contributed by atoms with van der Waals surface area (Å²) in [4.78, 5) is 13.0. The van der Waals surface area contributed by atoms with E-state index in [-0.39, 0.29) is 24.0 Å². The monoisotopic (exact) mass is 493 g/mol. The highest BCUT2D eigenvalue weighted by molar-refractivity contribution is 14.0. The van der Waals surface area contributed by atoms with Gasteiger partial charge in [-0.15, -0.1) is 35.3 Å². The fourth-order valence-electron chi connectivity index (χ4n) is 3.23. The van der Waals surface area contributed by atoms with Crippen molar-refractivity contribution < 1.29 is 0 Å². The Labute approximate surface area is 180 Å². The SMILES string of the molecule is CCc1nc(CCNC(=NC)NCCCN2CCC(C)CC2)sc1C.I. The van der Waals surface area contributed by atoms with Crippen molar-refractivity contribution in [3.8, 4) is 0 Å². The number of rotatable bonds is 8. The minimum Gasteiger partial charge on any atom is -0.356 e. The van der Waals surface area contributed by atoms with Gasteiger partial charge in [0.2, 0.25) is 0 Å². The van der Waals surface area contributed by atoms with Crippen molar-refractivity contribution in [2.75, 3.05) is 39.8 Å². The molecule has 150 valence electrons. The second kappa shape index (κ2) is 12.9. The normalized spacial score (nSPS) is 16.4. The Morgan fingerprint density at radius 2 is 1.96 bits per heavy atom. The predicted molar refractivity (Wildman–Crippen MR) is 124 cm³/mol. The highest BCUT2D eigenvalue weighted by Crippen LogP contribution is 2.18. The van der Waals surface area contributed by atoms with Crippen LogP contribution in [0.25, 0.3) is 0 Å². The molecule has 0 saturated carbocycles. The van der Waals surface area contributed by atoms with Gasteiger partial charge < -0.3 is 15.5 Å². The summed E-state index contributed by atoms with van der Waals surface area (Å²) in [5.41, 5.74) is 1.25. The Balaban J connectivity index is 0.00000338. The zero-order valence-corrected chi connectivity index (χ0v) is 20.0. The lowest BCUT2D eigenvalue weighted by molar-refractivity contribution is 0.191. The number of nitrogens with one attached hydrogen (secondary N) is 2. The average molecular weight is 494 g/mol. The number of aromatic nitrogens is 1. The molecule has 2 rings (SSSR count). The third-order valence-corrected chi connectivity index (χ3v) is 6.02. The van der Waals surface area contributed by atoms with Crippen molar-refractivity contribution in [2.24, 2.45) is 10.9 Å². The van der Waals surface area contributed by atoms with Gasteiger partial charge in [-0.25, -0.2) is 4.98 Å². The van der Waals surface area contributed by atoms with Crippen LogP contribution in [0.4, 0.5) is 0 Å². The van der Waals surface area contributed by atoms with Crippen LogP contribution < -0.4 is 10.6 Å². The number of guanidine groups is 1. The lowest BCUT2D eigenvalue weighted by Gasteiger charge is -2.30. The number of halogens is 1. The summed E-state index contributed by atoms with van der Waals surface area (Å²) >= 11 is 1.82. The summed E-state index contributed by atoms with van der Waals surface area (Å²) in [5.74, 6) is 1.81. The summed E-state index contributed by atoms with van der Waals surface area (Å²) in [6.45, 7) is 12.3. The van der Waals surface area contributed by atoms with Crippen LogP contribution in [0.15, 0.2) is 4.99 Å². The van der Waals surface area contributed by atoms with Crippen molar-refractivity contribution in [1.29, 1.82) is 0 Å². The maximum absolute atomic E-state index is 4.70. The van der Waals surface area contributed by atoms with Gasteiger partial charge in [-0.1, -0.05) is 13.8 Å². The first-order valence-corrected chi connectivity index (χ1v) is 10.6. The first-order chi connectivity index (χ1) is 12.1. The van der Waals surface area contributed by atoms with Gasteiger partial charge in [-0.3, -0.25) is 4.99 Å². The van der Waals surface area contributed by atoms with E-state index < -0.39 is 0 Å². The molecule has 2 N–H and O–H groups in total. The number of likely N-dealkylation sites (tertiary alicyclic amines) is 1. The van der Waals surface area contributed by atoms with Crippen LogP contribution in [-0.2, 0) is 12.8 Å². The summed E-state index contributed by atoms with van der Waals surface area (Å²) in [7, 11) is 1.84. The molecule has 0 radical (unpaired) electrons. The Morgan fingerprint density at radius 3 is 2.58 bits per heavy atom. The Hall–Kier alpha value is -0.410. The number of thiazole rings is 1. The van der Waals surface area contributed by atoms with Crippen LogP contribution in [0.3, 0.4) is 0 Å². The van der Waals surface area contributed by atoms with Crippen LogP contribution in [0.2, 0.25) is 0 Å². The van der Waals surface area contributed by atoms with Crippen LogP contribution in [0.1, 0.15) is 48.7 Å². The van der Waals surface area contributed by atoms with Crippen molar-refractivity contribution >= 4 is 41.3 Å². The van der Waals surface area contributed by atoms with E-state index >= 15 is 0 Å². The smallest absolute Gasteiger partial charge is 0.190 e. The van der Waals surface area contributed by atoms with Crippen LogP contribution in [-0.4, -0.2) is 55.6 Å². The third-order valence-electron chi connectivity index (χ3n) is 4.95. The highest BCUT2D eigenvalue weighted by Gasteiger charge is 2.14. The molecular weight excluding hydrogens is 457 g/mol. The van der Waals surface area contributed by atoms with Crippen molar-refractivity contribution in [2.45, 2.75) is 52.9 Å². The van der Waals surface area contributed by atoms with E-state index in [1.165, 1.54) is 54.5 Å². The number of hydrogen-bond acceptors (Lipinski definition) is 4. The lowest BCUT2D eigenvalue weighted by Crippen LogP contribution is -2.40. The molecule has 0 unspecified atom stereocenters. The second-order valence-corrected chi connectivity index (χ2v) is 8.31. The van der Waals surface area contributed by atoms with Crippen molar-refractivity contribution in [3.05, 3.63) is 15.6 Å². The topological polar surface area (TPSA) is 52.6 Å². The molecule has 0 aromatic carbocycles. The van der Waals surface area contributed by atoms with Gasteiger partial charge in [-0.05, 0) is 58.2 Å². The van der Waals surface area contributed by atoms with Gasteiger partial charge in [-0.2, -0.15) is 0 Å². The van der Waals surface area contributed by atoms with Crippen molar-refractivity contribution in [1.82, 2.24) is 20.5 Å². The molecule has 1 aliphatic rings. The van der Waals surface area contributed by atoms with Crippen molar-refractivity contribution in [3.63, 3.8) is 0 Å². The fourth-order valence-corrected chi connectivity index (χ4v) is 4.25. The first kappa shape index (κ1) is 23.6. The predicted octanol–water partition coefficient (Wildman–Crippen LogP) is 3.46. The molecule has 0 bridgehead atoms. The summed E-state index contributed by atoms with van der Waals surface area (Å²) < 4.78 is 0. The molecule has 1 aromatic rings. The maximum Gasteiger partial charge on any atom is 0.190 e. The Morgan fingerprint density at radius 1 is 1.27 bits per heavy atom. The summed E-state index contributed by atoms with van der Waals surface area (Å²) in [5, 5.41) is 8.05. The van der Waals surface area contributed by atoms with Gasteiger partial charge in [0.05, 0.1) is 10.7 Å². The number of aryl methyl sites for hydroxylation is 2. The van der Waals surface area contributed by atoms with E-state index in [0.29, 0.717) is 0 Å². The van der Waals surface area contributed by atoms with E-state index in [2.05, 4.69) is 41.3 Å². The molecule has 1 saturated heterocycles. The van der Waals surface area contributed by atoms with E-state index in [1.807, 2.05) is 18.4 Å². The number of piperidine rings is 1. The molecule has 2 heterocycles. The molecule has 1 aliphatic heterocycles. The molecule has 1 fully saturated rings. The van der Waals surface area contributed by atoms with E-state index in [4.69, 9.17) is 4.98 Å². The molecule has 1 aromatic heterocycles. The number of nitrogens with zero attached hydrogens (tertiary/aromatic N) is 3. The first-order valence-electron chi connectivity index (χ1n) is 9.74. The summed E-state index contributed by atoms with van der Waals surface area (Å²) in [6.07, 6.45) is 5.85. The lowest BCUT2D eigenvalue weighted by atomic mass is 9.99. The second-order valence-electron chi connectivity index (χ2n) is 7.02. The molecule has 0 atom stereocenters. The Bertz CT molecular complexity index is 538. The molecule has 0 aliphatic carbocycles. The fraction of sp³-hybridized carbons (Fsp3) is 0.789. The standard InChI is InChI=1S/C19H35N5S.HI/c1-5-17-16(3)25-18(23-17)7-11-22-19(20-4)21-10-6-12-24-13-8-15(2)9-14-24;/h15H,5-14H2,1-4H3,(H2,20,21,22);1H. The zero-order chi connectivity index (χ0) is 18.1. The van der Waals surface area contributed by atoms with Gasteiger partial charge >= 0.3 is 0 Å². The molecule has 7 heteroatoms. The number of hydrogen-bond donors (Lipinski definition) is 2. The van der Waals surface area contributed by atoms with E-state index in [0.717, 1.165) is 37.8 Å². The largest absolute Gasteiger partial charge is 0.356 e. The number of aliphatic imine (C=N–C) groups is 1. The third kappa shape index (κ3) is 8.08. The van der Waals surface area contributed by atoms with Crippen LogP contribution >= 0.6 is 35.3 Å². The highest BCUT2D eigenvalue weighted by atomic mass is 127. The van der Waals surface area contributed by atoms with Crippen LogP contribution in [0.5, 0.6) is 0 Å². The molecule has 26 heavy (non-hydrogen) atoms. The molecule has 5 nitrogen and oxygen atoms in total. The maximum atomic E-state index is 4.70. The van der Waals surface area contributed by atoms with Crippen LogP contribution in [0, 0.1) is 12.8 Å². The zero-order valence-electron chi connectivity index (χ0n) is 16.8. The van der Waals surface area contributed by atoms with E-state index in [1.54, 1.807) is 0 Å². The molecular formula is C19H36IN5S. The minimum absolute atomic E-state index is 0.